The molecule has 6 nitrogen and oxygen atoms in total. The molecule has 8 heteroatoms. The van der Waals surface area contributed by atoms with Gasteiger partial charge in [0.15, 0.2) is 22.6 Å². The first kappa shape index (κ1) is 26.7. The normalized spacial score (nSPS) is 36.7. The van der Waals surface area contributed by atoms with Crippen LogP contribution in [0.25, 0.3) is 12.2 Å². The lowest BCUT2D eigenvalue weighted by atomic mass is 9.70. The van der Waals surface area contributed by atoms with Crippen molar-refractivity contribution in [2.75, 3.05) is 17.8 Å². The first-order chi connectivity index (χ1) is 17.1. The zero-order valence-corrected chi connectivity index (χ0v) is 23.8. The van der Waals surface area contributed by atoms with Crippen molar-refractivity contribution in [1.29, 1.82) is 0 Å². The third-order valence-electron chi connectivity index (χ3n) is 10.5. The maximum Gasteiger partial charge on any atom is 0.166 e. The molecular formula is C29H36O6S2. The molecule has 4 aliphatic carbocycles. The van der Waals surface area contributed by atoms with Gasteiger partial charge in [0, 0.05) is 17.4 Å². The van der Waals surface area contributed by atoms with Crippen molar-refractivity contribution in [2.24, 2.45) is 33.5 Å². The first-order valence-electron chi connectivity index (χ1n) is 12.9. The minimum absolute atomic E-state index is 0.00618. The summed E-state index contributed by atoms with van der Waals surface area (Å²) in [4.78, 5) is 27.0. The number of carbonyl (C=O) groups is 2. The van der Waals surface area contributed by atoms with Crippen LogP contribution in [0.3, 0.4) is 0 Å². The smallest absolute Gasteiger partial charge is 0.166 e. The summed E-state index contributed by atoms with van der Waals surface area (Å²) in [5, 5.41) is 0. The molecule has 5 rings (SSSR count). The Morgan fingerprint density at radius 1 is 0.865 bits per heavy atom. The van der Waals surface area contributed by atoms with Crippen LogP contribution < -0.4 is 0 Å². The number of carbonyl (C=O) groups excluding carboxylic acids is 2. The molecule has 5 unspecified atom stereocenters. The number of hydrogen-bond donors (Lipinski definition) is 1. The molecule has 0 aliphatic heterocycles. The van der Waals surface area contributed by atoms with Crippen LogP contribution in [0, 0.1) is 33.5 Å². The van der Waals surface area contributed by atoms with Crippen LogP contribution in [0.4, 0.5) is 0 Å². The molecule has 1 aromatic carbocycles. The second-order valence-electron chi connectivity index (χ2n) is 12.9. The molecule has 1 aromatic rings. The Hall–Kier alpha value is -1.90. The second kappa shape index (κ2) is 8.30. The van der Waals surface area contributed by atoms with Crippen molar-refractivity contribution in [3.63, 3.8) is 0 Å². The van der Waals surface area contributed by atoms with Crippen molar-refractivity contribution in [2.45, 2.75) is 53.4 Å². The average Bonchev–Trinajstić information content (AvgIpc) is 3.28. The van der Waals surface area contributed by atoms with Crippen LogP contribution in [0.5, 0.6) is 0 Å². The van der Waals surface area contributed by atoms with Crippen LogP contribution in [0.2, 0.25) is 0 Å². The highest BCUT2D eigenvalue weighted by molar-refractivity contribution is 7.90. The number of sulfone groups is 1. The van der Waals surface area contributed by atoms with Crippen LogP contribution in [0.15, 0.2) is 35.4 Å². The summed E-state index contributed by atoms with van der Waals surface area (Å²) >= 11 is -2.04. The van der Waals surface area contributed by atoms with Gasteiger partial charge in [-0.15, -0.1) is 0 Å². The van der Waals surface area contributed by atoms with Gasteiger partial charge < -0.3 is 4.55 Å². The van der Waals surface area contributed by atoms with E-state index in [1.54, 1.807) is 0 Å². The van der Waals surface area contributed by atoms with Gasteiger partial charge in [-0.25, -0.2) is 12.6 Å². The van der Waals surface area contributed by atoms with E-state index in [0.29, 0.717) is 12.8 Å². The lowest BCUT2D eigenvalue weighted by Gasteiger charge is -2.35. The fourth-order valence-electron chi connectivity index (χ4n) is 8.27. The van der Waals surface area contributed by atoms with E-state index in [4.69, 9.17) is 0 Å². The highest BCUT2D eigenvalue weighted by atomic mass is 32.2. The molecule has 4 aliphatic rings. The van der Waals surface area contributed by atoms with Gasteiger partial charge in [-0.3, -0.25) is 9.59 Å². The minimum Gasteiger partial charge on any atom is -0.306 e. The van der Waals surface area contributed by atoms with Crippen LogP contribution in [0.1, 0.15) is 64.5 Å². The number of allylic oxidation sites excluding steroid dienone is 2. The van der Waals surface area contributed by atoms with E-state index in [1.807, 2.05) is 64.1 Å². The summed E-state index contributed by atoms with van der Waals surface area (Å²) in [5.74, 6) is -0.0784. The molecule has 0 saturated heterocycles. The molecule has 37 heavy (non-hydrogen) atoms. The van der Waals surface area contributed by atoms with E-state index in [1.165, 1.54) is 6.26 Å². The molecule has 5 atom stereocenters. The van der Waals surface area contributed by atoms with E-state index in [0.717, 1.165) is 35.1 Å². The van der Waals surface area contributed by atoms with Crippen molar-refractivity contribution >= 4 is 44.6 Å². The Kier molecular flexibility index (Phi) is 5.99. The summed E-state index contributed by atoms with van der Waals surface area (Å²) < 4.78 is 45.7. The minimum atomic E-state index is -3.31. The number of rotatable bonds is 6. The number of hydrogen-bond acceptors (Lipinski definition) is 5. The predicted molar refractivity (Wildman–Crippen MR) is 146 cm³/mol. The summed E-state index contributed by atoms with van der Waals surface area (Å²) in [6, 6.07) is 7.71. The van der Waals surface area contributed by atoms with Gasteiger partial charge in [0.25, 0.3) is 0 Å². The predicted octanol–water partition coefficient (Wildman–Crippen LogP) is 4.73. The highest BCUT2D eigenvalue weighted by Crippen LogP contribution is 2.67. The largest absolute Gasteiger partial charge is 0.306 e. The van der Waals surface area contributed by atoms with Gasteiger partial charge in [0.1, 0.15) is 9.84 Å². The number of Topliss-reactive ketones (excluding diaryl/α,β-unsaturated/α-hetero) is 2. The maximum atomic E-state index is 13.5. The van der Waals surface area contributed by atoms with E-state index in [-0.39, 0.29) is 40.3 Å². The van der Waals surface area contributed by atoms with Crippen molar-refractivity contribution in [3.8, 4) is 0 Å². The Labute approximate surface area is 222 Å². The third kappa shape index (κ3) is 3.73. The zero-order chi connectivity index (χ0) is 27.2. The second-order valence-corrected chi connectivity index (χ2v) is 15.9. The molecule has 4 fully saturated rings. The fourth-order valence-corrected chi connectivity index (χ4v) is 10.9. The zero-order valence-electron chi connectivity index (χ0n) is 22.2. The highest BCUT2D eigenvalue weighted by Gasteiger charge is 2.68. The van der Waals surface area contributed by atoms with E-state index >= 15 is 0 Å². The quantitative estimate of drug-likeness (QED) is 0.410. The summed E-state index contributed by atoms with van der Waals surface area (Å²) in [7, 11) is -3.31. The Bertz CT molecular complexity index is 1380. The molecule has 1 N–H and O–H groups in total. The molecule has 0 spiro atoms. The van der Waals surface area contributed by atoms with Gasteiger partial charge in [0.05, 0.1) is 22.3 Å². The van der Waals surface area contributed by atoms with Gasteiger partial charge in [-0.05, 0) is 71.6 Å². The lowest BCUT2D eigenvalue weighted by molar-refractivity contribution is -0.125. The average molecular weight is 545 g/mol. The molecule has 4 saturated carbocycles. The van der Waals surface area contributed by atoms with Gasteiger partial charge in [-0.1, -0.05) is 52.0 Å². The van der Waals surface area contributed by atoms with Crippen LogP contribution >= 0.6 is 0 Å². The molecule has 0 amide bonds. The van der Waals surface area contributed by atoms with E-state index < -0.39 is 37.2 Å². The number of benzene rings is 1. The molecule has 0 aromatic heterocycles. The third-order valence-corrected chi connectivity index (χ3v) is 12.3. The molecule has 4 bridgehead atoms. The van der Waals surface area contributed by atoms with E-state index in [9.17, 15) is 26.8 Å². The van der Waals surface area contributed by atoms with Crippen molar-refractivity contribution in [3.05, 3.63) is 46.5 Å². The summed E-state index contributed by atoms with van der Waals surface area (Å²) in [6.07, 6.45) is 7.93. The Morgan fingerprint density at radius 2 is 1.27 bits per heavy atom. The summed E-state index contributed by atoms with van der Waals surface area (Å²) in [6.45, 7) is 8.12. The molecular weight excluding hydrogens is 508 g/mol. The SMILES string of the molecule is CC1(C)C2CCC1(CS(=O)O)C(=O)/C2=C/c1ccc(/C=C2/C(=O)C3(CS(C)(=O)=O)CCC2C3(C)C)cc1. The van der Waals surface area contributed by atoms with Gasteiger partial charge in [0.2, 0.25) is 0 Å². The Balaban J connectivity index is 1.43. The van der Waals surface area contributed by atoms with Gasteiger partial charge in [-0.2, -0.15) is 0 Å². The number of ketones is 2. The molecule has 0 radical (unpaired) electrons. The first-order valence-corrected chi connectivity index (χ1v) is 16.3. The topological polar surface area (TPSA) is 106 Å². The standard InChI is InChI=1S/C29H36O6S2/c1-26(2)22-10-12-28(26,16-36(32)33)24(30)20(22)14-18-6-8-19(9-7-18)15-21-23-11-13-29(25(21)31,27(23,3)4)17-37(5,34)35/h6-9,14-15,22-23H,10-13,16-17H2,1-5H3,(H,32,33)/b20-14+,21-15+. The van der Waals surface area contributed by atoms with Gasteiger partial charge >= 0.3 is 0 Å². The number of fused-ring (bicyclic) bond motifs is 4. The summed E-state index contributed by atoms with van der Waals surface area (Å²) in [5.41, 5.74) is 0.782. The fraction of sp³-hybridized carbons (Fsp3) is 0.586. The van der Waals surface area contributed by atoms with Crippen molar-refractivity contribution in [1.82, 2.24) is 0 Å². The maximum absolute atomic E-state index is 13.5. The molecule has 200 valence electrons. The van der Waals surface area contributed by atoms with Crippen LogP contribution in [-0.2, 0) is 30.5 Å². The lowest BCUT2D eigenvalue weighted by Crippen LogP contribution is -2.42. The monoisotopic (exact) mass is 544 g/mol. The van der Waals surface area contributed by atoms with Crippen molar-refractivity contribution < 1.29 is 26.8 Å². The van der Waals surface area contributed by atoms with Crippen LogP contribution in [-0.4, -0.2) is 46.5 Å². The molecule has 0 heterocycles. The Morgan fingerprint density at radius 3 is 1.70 bits per heavy atom. The van der Waals surface area contributed by atoms with E-state index in [2.05, 4.69) is 0 Å².